The molecule has 94 valence electrons. The van der Waals surface area contributed by atoms with E-state index in [-0.39, 0.29) is 5.43 Å². The Labute approximate surface area is 106 Å². The van der Waals surface area contributed by atoms with E-state index in [0.29, 0.717) is 23.9 Å². The molecule has 1 aliphatic heterocycles. The summed E-state index contributed by atoms with van der Waals surface area (Å²) in [5.41, 5.74) is 0.601. The largest absolute Gasteiger partial charge is 0.487 e. The summed E-state index contributed by atoms with van der Waals surface area (Å²) >= 11 is 5.62. The van der Waals surface area contributed by atoms with Crippen LogP contribution in [-0.2, 0) is 5.88 Å². The first-order chi connectivity index (χ1) is 8.29. The quantitative estimate of drug-likeness (QED) is 0.814. The van der Waals surface area contributed by atoms with E-state index in [4.69, 9.17) is 16.3 Å². The van der Waals surface area contributed by atoms with Crippen molar-refractivity contribution in [3.8, 4) is 5.75 Å². The normalized spacial score (nSPS) is 16.3. The molecule has 0 aliphatic carbocycles. The number of aromatic amines is 1. The predicted molar refractivity (Wildman–Crippen MR) is 67.8 cm³/mol. The van der Waals surface area contributed by atoms with Gasteiger partial charge in [-0.2, -0.15) is 0 Å². The molecular weight excluding hydrogens is 240 g/mol. The van der Waals surface area contributed by atoms with Gasteiger partial charge in [0.05, 0.1) is 5.88 Å². The highest BCUT2D eigenvalue weighted by atomic mass is 35.5. The van der Waals surface area contributed by atoms with Gasteiger partial charge in [-0.15, -0.1) is 11.6 Å². The Morgan fingerprint density at radius 3 is 2.82 bits per heavy atom. The fourth-order valence-corrected chi connectivity index (χ4v) is 2.14. The van der Waals surface area contributed by atoms with E-state index in [0.717, 1.165) is 19.6 Å². The topological polar surface area (TPSA) is 45.3 Å². The third-order valence-electron chi connectivity index (χ3n) is 2.94. The summed E-state index contributed by atoms with van der Waals surface area (Å²) in [5, 5.41) is 0. The van der Waals surface area contributed by atoms with Crippen molar-refractivity contribution in [3.63, 3.8) is 0 Å². The van der Waals surface area contributed by atoms with E-state index >= 15 is 0 Å². The van der Waals surface area contributed by atoms with Gasteiger partial charge in [-0.25, -0.2) is 0 Å². The lowest BCUT2D eigenvalue weighted by Gasteiger charge is -2.14. The molecule has 1 fully saturated rings. The zero-order valence-electron chi connectivity index (χ0n) is 9.75. The van der Waals surface area contributed by atoms with Crippen LogP contribution < -0.4 is 10.2 Å². The number of halogens is 1. The van der Waals surface area contributed by atoms with Crippen molar-refractivity contribution in [2.24, 2.45) is 0 Å². The minimum Gasteiger partial charge on any atom is -0.487 e. The summed E-state index contributed by atoms with van der Waals surface area (Å²) < 4.78 is 5.47. The SMILES string of the molecule is O=c1cc(CCl)[nH]cc1OCCN1CCCC1. The molecule has 1 saturated heterocycles. The van der Waals surface area contributed by atoms with Crippen molar-refractivity contribution in [1.29, 1.82) is 0 Å². The molecule has 17 heavy (non-hydrogen) atoms. The van der Waals surface area contributed by atoms with Crippen LogP contribution in [0.5, 0.6) is 5.75 Å². The van der Waals surface area contributed by atoms with Gasteiger partial charge in [-0.3, -0.25) is 9.69 Å². The van der Waals surface area contributed by atoms with Gasteiger partial charge in [-0.1, -0.05) is 0 Å². The zero-order chi connectivity index (χ0) is 12.1. The molecule has 0 spiro atoms. The number of nitrogens with one attached hydrogen (secondary N) is 1. The lowest BCUT2D eigenvalue weighted by Crippen LogP contribution is -2.26. The molecule has 0 amide bonds. The molecule has 0 radical (unpaired) electrons. The van der Waals surface area contributed by atoms with E-state index in [9.17, 15) is 4.79 Å². The number of ether oxygens (including phenoxy) is 1. The second kappa shape index (κ2) is 6.07. The van der Waals surface area contributed by atoms with Crippen LogP contribution in [0.15, 0.2) is 17.1 Å². The van der Waals surface area contributed by atoms with E-state index in [1.807, 2.05) is 0 Å². The summed E-state index contributed by atoms with van der Waals surface area (Å²) in [6, 6.07) is 1.48. The Hall–Kier alpha value is -1.00. The summed E-state index contributed by atoms with van der Waals surface area (Å²) in [5.74, 6) is 0.682. The monoisotopic (exact) mass is 256 g/mol. The molecule has 5 heteroatoms. The molecule has 0 aromatic carbocycles. The molecule has 2 rings (SSSR count). The average molecular weight is 257 g/mol. The molecule has 1 aliphatic rings. The smallest absolute Gasteiger partial charge is 0.223 e. The highest BCUT2D eigenvalue weighted by molar-refractivity contribution is 6.16. The van der Waals surface area contributed by atoms with Crippen LogP contribution in [0.25, 0.3) is 0 Å². The van der Waals surface area contributed by atoms with E-state index in [1.54, 1.807) is 6.20 Å². The van der Waals surface area contributed by atoms with Crippen molar-refractivity contribution >= 4 is 11.6 Å². The maximum Gasteiger partial charge on any atom is 0.223 e. The van der Waals surface area contributed by atoms with Crippen molar-refractivity contribution in [2.45, 2.75) is 18.7 Å². The van der Waals surface area contributed by atoms with Crippen LogP contribution >= 0.6 is 11.6 Å². The highest BCUT2D eigenvalue weighted by Gasteiger charge is 2.11. The Morgan fingerprint density at radius 1 is 1.41 bits per heavy atom. The van der Waals surface area contributed by atoms with Gasteiger partial charge in [-0.05, 0) is 25.9 Å². The molecule has 2 heterocycles. The number of nitrogens with zero attached hydrogens (tertiary/aromatic N) is 1. The highest BCUT2D eigenvalue weighted by Crippen LogP contribution is 2.07. The number of hydrogen-bond donors (Lipinski definition) is 1. The number of alkyl halides is 1. The molecule has 0 atom stereocenters. The fraction of sp³-hybridized carbons (Fsp3) is 0.583. The van der Waals surface area contributed by atoms with Crippen LogP contribution in [0.4, 0.5) is 0 Å². The summed E-state index contributed by atoms with van der Waals surface area (Å²) in [7, 11) is 0. The summed E-state index contributed by atoms with van der Waals surface area (Å²) in [6.45, 7) is 3.73. The standard InChI is InChI=1S/C12H17ClN2O2/c13-8-10-7-11(16)12(9-14-10)17-6-5-15-3-1-2-4-15/h7,9H,1-6,8H2,(H,14,16). The Bertz CT molecular complexity index is 413. The van der Waals surface area contributed by atoms with Crippen LogP contribution in [-0.4, -0.2) is 36.1 Å². The fourth-order valence-electron chi connectivity index (χ4n) is 1.98. The zero-order valence-corrected chi connectivity index (χ0v) is 10.5. The van der Waals surface area contributed by atoms with Gasteiger partial charge in [0, 0.05) is 24.5 Å². The van der Waals surface area contributed by atoms with Gasteiger partial charge in [0.15, 0.2) is 5.75 Å². The van der Waals surface area contributed by atoms with Gasteiger partial charge in [0.2, 0.25) is 5.43 Å². The number of likely N-dealkylation sites (tertiary alicyclic amines) is 1. The first kappa shape index (κ1) is 12.5. The number of rotatable bonds is 5. The Kier molecular flexibility index (Phi) is 4.45. The summed E-state index contributed by atoms with van der Waals surface area (Å²) in [4.78, 5) is 16.9. The Morgan fingerprint density at radius 2 is 2.18 bits per heavy atom. The molecule has 0 unspecified atom stereocenters. The van der Waals surface area contributed by atoms with Crippen LogP contribution in [0.2, 0.25) is 0 Å². The number of aromatic nitrogens is 1. The minimum absolute atomic E-state index is 0.110. The van der Waals surface area contributed by atoms with E-state index in [2.05, 4.69) is 9.88 Å². The second-order valence-corrected chi connectivity index (χ2v) is 4.48. The molecule has 0 bridgehead atoms. The predicted octanol–water partition coefficient (Wildman–Crippen LogP) is 1.59. The second-order valence-electron chi connectivity index (χ2n) is 4.22. The van der Waals surface area contributed by atoms with E-state index in [1.165, 1.54) is 18.9 Å². The molecular formula is C12H17ClN2O2. The minimum atomic E-state index is -0.110. The van der Waals surface area contributed by atoms with Gasteiger partial charge in [0.1, 0.15) is 6.61 Å². The van der Waals surface area contributed by atoms with Crippen LogP contribution in [0, 0.1) is 0 Å². The molecule has 0 saturated carbocycles. The Balaban J connectivity index is 1.84. The van der Waals surface area contributed by atoms with Crippen LogP contribution in [0.3, 0.4) is 0 Å². The van der Waals surface area contributed by atoms with Crippen molar-refractivity contribution in [1.82, 2.24) is 9.88 Å². The first-order valence-electron chi connectivity index (χ1n) is 5.92. The van der Waals surface area contributed by atoms with Crippen molar-refractivity contribution in [3.05, 3.63) is 28.2 Å². The van der Waals surface area contributed by atoms with E-state index < -0.39 is 0 Å². The number of H-pyrrole nitrogens is 1. The van der Waals surface area contributed by atoms with Crippen molar-refractivity contribution in [2.75, 3.05) is 26.2 Å². The van der Waals surface area contributed by atoms with Gasteiger partial charge < -0.3 is 9.72 Å². The van der Waals surface area contributed by atoms with Crippen molar-refractivity contribution < 1.29 is 4.74 Å². The molecule has 1 aromatic rings. The average Bonchev–Trinajstić information content (AvgIpc) is 2.84. The maximum absolute atomic E-state index is 11.6. The number of hydrogen-bond acceptors (Lipinski definition) is 3. The number of pyridine rings is 1. The third kappa shape index (κ3) is 3.48. The summed E-state index contributed by atoms with van der Waals surface area (Å²) in [6.07, 6.45) is 4.13. The van der Waals surface area contributed by atoms with Gasteiger partial charge >= 0.3 is 0 Å². The maximum atomic E-state index is 11.6. The molecule has 1 N–H and O–H groups in total. The lowest BCUT2D eigenvalue weighted by molar-refractivity contribution is 0.236. The van der Waals surface area contributed by atoms with Crippen LogP contribution in [0.1, 0.15) is 18.5 Å². The first-order valence-corrected chi connectivity index (χ1v) is 6.46. The molecule has 4 nitrogen and oxygen atoms in total. The molecule has 1 aromatic heterocycles. The third-order valence-corrected chi connectivity index (χ3v) is 3.23. The lowest BCUT2D eigenvalue weighted by atomic mass is 10.3. The van der Waals surface area contributed by atoms with Gasteiger partial charge in [0.25, 0.3) is 0 Å².